The molecule has 0 aromatic heterocycles. The number of nitrogen functional groups attached to an aromatic ring is 2. The van der Waals surface area contributed by atoms with E-state index in [2.05, 4.69) is 11.6 Å². The van der Waals surface area contributed by atoms with Gasteiger partial charge in [0.1, 0.15) is 0 Å². The molecule has 92 valence electrons. The number of anilines is 2. The standard InChI is InChI=1S/C12H17N3OS/c1-17-12(4-5-12)7-15-11(16)9-3-2-8(13)6-10(9)14/h2-3,6H,4-5,7,13-14H2,1H3,(H,15,16). The Bertz CT molecular complexity index is 443. The van der Waals surface area contributed by atoms with Gasteiger partial charge < -0.3 is 16.8 Å². The summed E-state index contributed by atoms with van der Waals surface area (Å²) in [5.41, 5.74) is 12.8. The van der Waals surface area contributed by atoms with Crippen molar-refractivity contribution in [3.8, 4) is 0 Å². The molecule has 1 aliphatic carbocycles. The highest BCUT2D eigenvalue weighted by Gasteiger charge is 2.41. The first-order chi connectivity index (χ1) is 8.06. The number of carbonyl (C=O) groups excluding carboxylic acids is 1. The van der Waals surface area contributed by atoms with Crippen LogP contribution in [0.2, 0.25) is 0 Å². The third kappa shape index (κ3) is 2.66. The Morgan fingerprint density at radius 2 is 2.18 bits per heavy atom. The van der Waals surface area contributed by atoms with E-state index >= 15 is 0 Å². The first kappa shape index (κ1) is 12.1. The predicted molar refractivity (Wildman–Crippen MR) is 73.1 cm³/mol. The lowest BCUT2D eigenvalue weighted by atomic mass is 10.1. The highest BCUT2D eigenvalue weighted by atomic mass is 32.2. The molecule has 0 atom stereocenters. The Morgan fingerprint density at radius 1 is 1.47 bits per heavy atom. The van der Waals surface area contributed by atoms with Gasteiger partial charge in [-0.05, 0) is 37.3 Å². The van der Waals surface area contributed by atoms with E-state index in [1.165, 1.54) is 12.8 Å². The smallest absolute Gasteiger partial charge is 0.253 e. The van der Waals surface area contributed by atoms with Gasteiger partial charge in [0.2, 0.25) is 0 Å². The second kappa shape index (κ2) is 4.49. The van der Waals surface area contributed by atoms with Crippen LogP contribution in [0.25, 0.3) is 0 Å². The average molecular weight is 251 g/mol. The number of thioether (sulfide) groups is 1. The topological polar surface area (TPSA) is 81.1 Å². The van der Waals surface area contributed by atoms with E-state index in [0.29, 0.717) is 23.5 Å². The lowest BCUT2D eigenvalue weighted by Gasteiger charge is -2.13. The van der Waals surface area contributed by atoms with Crippen LogP contribution in [-0.2, 0) is 0 Å². The molecule has 1 saturated carbocycles. The number of hydrogen-bond donors (Lipinski definition) is 3. The fraction of sp³-hybridized carbons (Fsp3) is 0.417. The lowest BCUT2D eigenvalue weighted by molar-refractivity contribution is 0.0954. The normalized spacial score (nSPS) is 16.5. The fourth-order valence-corrected chi connectivity index (χ4v) is 2.44. The molecule has 1 aliphatic rings. The third-order valence-electron chi connectivity index (χ3n) is 3.13. The van der Waals surface area contributed by atoms with Crippen molar-refractivity contribution in [3.05, 3.63) is 23.8 Å². The van der Waals surface area contributed by atoms with Gasteiger partial charge in [-0.25, -0.2) is 0 Å². The van der Waals surface area contributed by atoms with Crippen LogP contribution >= 0.6 is 11.8 Å². The molecule has 0 bridgehead atoms. The van der Waals surface area contributed by atoms with Crippen LogP contribution in [0.1, 0.15) is 23.2 Å². The minimum absolute atomic E-state index is 0.122. The van der Waals surface area contributed by atoms with Crippen molar-refractivity contribution in [3.63, 3.8) is 0 Å². The van der Waals surface area contributed by atoms with Gasteiger partial charge in [0.25, 0.3) is 5.91 Å². The van der Waals surface area contributed by atoms with Crippen molar-refractivity contribution in [1.29, 1.82) is 0 Å². The second-order valence-electron chi connectivity index (χ2n) is 4.42. The quantitative estimate of drug-likeness (QED) is 0.708. The molecule has 0 unspecified atom stereocenters. The molecule has 0 radical (unpaired) electrons. The fourth-order valence-electron chi connectivity index (χ4n) is 1.72. The minimum atomic E-state index is -0.122. The summed E-state index contributed by atoms with van der Waals surface area (Å²) in [5, 5.41) is 2.93. The predicted octanol–water partition coefficient (Wildman–Crippen LogP) is 1.48. The Balaban J connectivity index is 2.00. The Kier molecular flexibility index (Phi) is 3.19. The number of nitrogens with two attached hydrogens (primary N) is 2. The van der Waals surface area contributed by atoms with Crippen LogP contribution in [0.15, 0.2) is 18.2 Å². The monoisotopic (exact) mass is 251 g/mol. The molecule has 1 amide bonds. The summed E-state index contributed by atoms with van der Waals surface area (Å²) in [7, 11) is 0. The molecular weight excluding hydrogens is 234 g/mol. The highest BCUT2D eigenvalue weighted by molar-refractivity contribution is 8.00. The van der Waals surface area contributed by atoms with Gasteiger partial charge in [-0.1, -0.05) is 0 Å². The Morgan fingerprint density at radius 3 is 2.71 bits per heavy atom. The number of amides is 1. The zero-order valence-corrected chi connectivity index (χ0v) is 10.6. The summed E-state index contributed by atoms with van der Waals surface area (Å²) in [6.07, 6.45) is 4.42. The van der Waals surface area contributed by atoms with E-state index in [0.717, 1.165) is 0 Å². The van der Waals surface area contributed by atoms with Crippen LogP contribution in [0.4, 0.5) is 11.4 Å². The molecule has 2 rings (SSSR count). The van der Waals surface area contributed by atoms with Gasteiger partial charge in [-0.15, -0.1) is 0 Å². The van der Waals surface area contributed by atoms with E-state index in [9.17, 15) is 4.79 Å². The van der Waals surface area contributed by atoms with Crippen molar-refractivity contribution in [2.75, 3.05) is 24.3 Å². The summed E-state index contributed by atoms with van der Waals surface area (Å²) >= 11 is 1.82. The second-order valence-corrected chi connectivity index (χ2v) is 5.69. The van der Waals surface area contributed by atoms with Crippen LogP contribution in [-0.4, -0.2) is 23.5 Å². The minimum Gasteiger partial charge on any atom is -0.399 e. The van der Waals surface area contributed by atoms with E-state index in [1.807, 2.05) is 11.8 Å². The molecule has 1 aromatic carbocycles. The highest BCUT2D eigenvalue weighted by Crippen LogP contribution is 2.46. The van der Waals surface area contributed by atoms with Crippen molar-refractivity contribution < 1.29 is 4.79 Å². The molecule has 1 fully saturated rings. The zero-order valence-electron chi connectivity index (χ0n) is 9.82. The van der Waals surface area contributed by atoms with Crippen molar-refractivity contribution in [2.24, 2.45) is 0 Å². The molecular formula is C12H17N3OS. The molecule has 5 N–H and O–H groups in total. The first-order valence-electron chi connectivity index (χ1n) is 5.55. The molecule has 4 nitrogen and oxygen atoms in total. The van der Waals surface area contributed by atoms with Gasteiger partial charge in [0.05, 0.1) is 5.56 Å². The number of hydrogen-bond acceptors (Lipinski definition) is 4. The van der Waals surface area contributed by atoms with Gasteiger partial charge >= 0.3 is 0 Å². The first-order valence-corrected chi connectivity index (χ1v) is 6.77. The van der Waals surface area contributed by atoms with Gasteiger partial charge in [0, 0.05) is 22.7 Å². The van der Waals surface area contributed by atoms with E-state index in [1.54, 1.807) is 18.2 Å². The molecule has 17 heavy (non-hydrogen) atoms. The number of rotatable bonds is 4. The van der Waals surface area contributed by atoms with Crippen LogP contribution in [0, 0.1) is 0 Å². The van der Waals surface area contributed by atoms with E-state index in [-0.39, 0.29) is 10.7 Å². The average Bonchev–Trinajstić information content (AvgIpc) is 3.07. The summed E-state index contributed by atoms with van der Waals surface area (Å²) < 4.78 is 0.262. The van der Waals surface area contributed by atoms with Crippen LogP contribution < -0.4 is 16.8 Å². The summed E-state index contributed by atoms with van der Waals surface area (Å²) in [5.74, 6) is -0.122. The van der Waals surface area contributed by atoms with Gasteiger partial charge in [0.15, 0.2) is 0 Å². The Hall–Kier alpha value is -1.36. The number of carbonyl (C=O) groups is 1. The van der Waals surface area contributed by atoms with Gasteiger partial charge in [-0.2, -0.15) is 11.8 Å². The third-order valence-corrected chi connectivity index (χ3v) is 4.55. The molecule has 0 spiro atoms. The van der Waals surface area contributed by atoms with Gasteiger partial charge in [-0.3, -0.25) is 4.79 Å². The Labute approximate surface area is 105 Å². The van der Waals surface area contributed by atoms with Crippen LogP contribution in [0.5, 0.6) is 0 Å². The molecule has 0 aliphatic heterocycles. The van der Waals surface area contributed by atoms with Crippen molar-refractivity contribution >= 4 is 29.0 Å². The number of nitrogens with one attached hydrogen (secondary N) is 1. The van der Waals surface area contributed by atoms with E-state index < -0.39 is 0 Å². The number of benzene rings is 1. The zero-order chi connectivity index (χ0) is 12.5. The largest absolute Gasteiger partial charge is 0.399 e. The van der Waals surface area contributed by atoms with Crippen molar-refractivity contribution in [2.45, 2.75) is 17.6 Å². The van der Waals surface area contributed by atoms with Crippen molar-refractivity contribution in [1.82, 2.24) is 5.32 Å². The lowest BCUT2D eigenvalue weighted by Crippen LogP contribution is -2.32. The maximum Gasteiger partial charge on any atom is 0.253 e. The molecule has 5 heteroatoms. The maximum absolute atomic E-state index is 11.9. The molecule has 0 saturated heterocycles. The molecule has 0 heterocycles. The molecule has 1 aromatic rings. The summed E-state index contributed by atoms with van der Waals surface area (Å²) in [6, 6.07) is 4.96. The van der Waals surface area contributed by atoms with E-state index in [4.69, 9.17) is 11.5 Å². The SMILES string of the molecule is CSC1(CNC(=O)c2ccc(N)cc2N)CC1. The van der Waals surface area contributed by atoms with Crippen LogP contribution in [0.3, 0.4) is 0 Å². The maximum atomic E-state index is 11.9. The summed E-state index contributed by atoms with van der Waals surface area (Å²) in [6.45, 7) is 0.705. The summed E-state index contributed by atoms with van der Waals surface area (Å²) in [4.78, 5) is 11.9.